The van der Waals surface area contributed by atoms with Crippen molar-refractivity contribution < 1.29 is 4.74 Å². The summed E-state index contributed by atoms with van der Waals surface area (Å²) in [4.78, 5) is 0. The highest BCUT2D eigenvalue weighted by molar-refractivity contribution is 5.60. The minimum Gasteiger partial charge on any atom is -0.481 e. The quantitative estimate of drug-likeness (QED) is 0.843. The number of aromatic nitrogens is 2. The number of aryl methyl sites for hydroxylation is 2. The SMILES string of the molecule is COc1c(/C=C(/C)CNCC(C)C)c(C)nn1C. The molecule has 0 aromatic carbocycles. The van der Waals surface area contributed by atoms with Crippen molar-refractivity contribution >= 4 is 6.08 Å². The first kappa shape index (κ1) is 14.8. The highest BCUT2D eigenvalue weighted by atomic mass is 16.5. The van der Waals surface area contributed by atoms with Crippen molar-refractivity contribution in [3.05, 3.63) is 16.8 Å². The normalized spacial score (nSPS) is 12.3. The molecule has 1 rings (SSSR count). The molecule has 0 saturated carbocycles. The maximum atomic E-state index is 5.38. The monoisotopic (exact) mass is 251 g/mol. The number of hydrogen-bond donors (Lipinski definition) is 1. The molecule has 18 heavy (non-hydrogen) atoms. The van der Waals surface area contributed by atoms with E-state index in [1.54, 1.807) is 11.8 Å². The molecular formula is C14H25N3O. The highest BCUT2D eigenvalue weighted by Crippen LogP contribution is 2.23. The van der Waals surface area contributed by atoms with E-state index in [0.29, 0.717) is 5.92 Å². The van der Waals surface area contributed by atoms with Gasteiger partial charge in [0.25, 0.3) is 0 Å². The fourth-order valence-corrected chi connectivity index (χ4v) is 1.92. The minimum absolute atomic E-state index is 0.674. The topological polar surface area (TPSA) is 39.1 Å². The Morgan fingerprint density at radius 1 is 1.50 bits per heavy atom. The lowest BCUT2D eigenvalue weighted by Crippen LogP contribution is -2.21. The van der Waals surface area contributed by atoms with Crippen LogP contribution in [0.5, 0.6) is 5.88 Å². The first-order chi connectivity index (χ1) is 8.45. The highest BCUT2D eigenvalue weighted by Gasteiger charge is 2.11. The Morgan fingerprint density at radius 3 is 2.72 bits per heavy atom. The van der Waals surface area contributed by atoms with E-state index in [2.05, 4.69) is 37.3 Å². The van der Waals surface area contributed by atoms with Gasteiger partial charge in [0, 0.05) is 13.6 Å². The second-order valence-corrected chi connectivity index (χ2v) is 5.15. The molecule has 0 aliphatic rings. The predicted molar refractivity (Wildman–Crippen MR) is 75.9 cm³/mol. The van der Waals surface area contributed by atoms with Crippen LogP contribution >= 0.6 is 0 Å². The molecule has 0 fully saturated rings. The van der Waals surface area contributed by atoms with E-state index in [-0.39, 0.29) is 0 Å². The smallest absolute Gasteiger partial charge is 0.218 e. The fraction of sp³-hybridized carbons (Fsp3) is 0.643. The summed E-state index contributed by atoms with van der Waals surface area (Å²) in [5.74, 6) is 1.49. The number of rotatable bonds is 6. The van der Waals surface area contributed by atoms with Crippen molar-refractivity contribution in [2.45, 2.75) is 27.7 Å². The van der Waals surface area contributed by atoms with E-state index in [9.17, 15) is 0 Å². The standard InChI is InChI=1S/C14H25N3O/c1-10(2)8-15-9-11(3)7-13-12(4)16-17(5)14(13)18-6/h7,10,15H,8-9H2,1-6H3/b11-7-. The summed E-state index contributed by atoms with van der Waals surface area (Å²) >= 11 is 0. The van der Waals surface area contributed by atoms with E-state index in [0.717, 1.165) is 30.2 Å². The van der Waals surface area contributed by atoms with Crippen molar-refractivity contribution in [2.24, 2.45) is 13.0 Å². The van der Waals surface area contributed by atoms with Gasteiger partial charge in [-0.2, -0.15) is 5.10 Å². The molecule has 1 heterocycles. The largest absolute Gasteiger partial charge is 0.481 e. The van der Waals surface area contributed by atoms with Gasteiger partial charge in [0.2, 0.25) is 5.88 Å². The number of nitrogens with zero attached hydrogens (tertiary/aromatic N) is 2. The maximum Gasteiger partial charge on any atom is 0.218 e. The van der Waals surface area contributed by atoms with Gasteiger partial charge in [-0.05, 0) is 32.4 Å². The molecule has 1 N–H and O–H groups in total. The summed E-state index contributed by atoms with van der Waals surface area (Å²) < 4.78 is 7.15. The summed E-state index contributed by atoms with van der Waals surface area (Å²) in [5.41, 5.74) is 3.35. The lowest BCUT2D eigenvalue weighted by Gasteiger charge is -2.08. The predicted octanol–water partition coefficient (Wildman–Crippen LogP) is 2.39. The zero-order valence-corrected chi connectivity index (χ0v) is 12.4. The van der Waals surface area contributed by atoms with Crippen molar-refractivity contribution in [3.8, 4) is 5.88 Å². The molecule has 0 bridgehead atoms. The molecule has 102 valence electrons. The Labute approximate surface area is 110 Å². The van der Waals surface area contributed by atoms with E-state index in [1.807, 2.05) is 14.0 Å². The van der Waals surface area contributed by atoms with E-state index in [1.165, 1.54) is 5.57 Å². The van der Waals surface area contributed by atoms with Crippen molar-refractivity contribution in [1.29, 1.82) is 0 Å². The van der Waals surface area contributed by atoms with Crippen LogP contribution in [0.3, 0.4) is 0 Å². The molecule has 4 heteroatoms. The van der Waals surface area contributed by atoms with Crippen molar-refractivity contribution in [3.63, 3.8) is 0 Å². The van der Waals surface area contributed by atoms with Crippen LogP contribution in [0.2, 0.25) is 0 Å². The van der Waals surface area contributed by atoms with Gasteiger partial charge in [0.1, 0.15) is 0 Å². The summed E-state index contributed by atoms with van der Waals surface area (Å²) in [6.45, 7) is 10.5. The average molecular weight is 251 g/mol. The van der Waals surface area contributed by atoms with Crippen LogP contribution in [0.1, 0.15) is 32.0 Å². The molecule has 0 saturated heterocycles. The van der Waals surface area contributed by atoms with E-state index < -0.39 is 0 Å². The molecule has 0 atom stereocenters. The first-order valence-corrected chi connectivity index (χ1v) is 6.41. The Bertz CT molecular complexity index is 419. The molecular weight excluding hydrogens is 226 g/mol. The van der Waals surface area contributed by atoms with E-state index in [4.69, 9.17) is 4.74 Å². The molecule has 0 radical (unpaired) electrons. The van der Waals surface area contributed by atoms with Gasteiger partial charge in [-0.15, -0.1) is 0 Å². The number of nitrogens with one attached hydrogen (secondary N) is 1. The Morgan fingerprint density at radius 2 is 2.17 bits per heavy atom. The molecule has 4 nitrogen and oxygen atoms in total. The first-order valence-electron chi connectivity index (χ1n) is 6.41. The number of methoxy groups -OCH3 is 1. The van der Waals surface area contributed by atoms with Crippen LogP contribution < -0.4 is 10.1 Å². The maximum absolute atomic E-state index is 5.38. The van der Waals surface area contributed by atoms with Gasteiger partial charge < -0.3 is 10.1 Å². The third-order valence-corrected chi connectivity index (χ3v) is 2.75. The van der Waals surface area contributed by atoms with Gasteiger partial charge in [0.05, 0.1) is 18.4 Å². The van der Waals surface area contributed by atoms with Crippen LogP contribution in [-0.2, 0) is 7.05 Å². The van der Waals surface area contributed by atoms with Gasteiger partial charge >= 0.3 is 0 Å². The molecule has 1 aromatic rings. The van der Waals surface area contributed by atoms with Crippen LogP contribution in [0.25, 0.3) is 6.08 Å². The molecule has 1 aromatic heterocycles. The number of hydrogen-bond acceptors (Lipinski definition) is 3. The van der Waals surface area contributed by atoms with Crippen LogP contribution in [-0.4, -0.2) is 30.0 Å². The zero-order valence-electron chi connectivity index (χ0n) is 12.4. The number of ether oxygens (including phenoxy) is 1. The fourth-order valence-electron chi connectivity index (χ4n) is 1.92. The lowest BCUT2D eigenvalue weighted by atomic mass is 10.1. The van der Waals surface area contributed by atoms with Gasteiger partial charge in [0.15, 0.2) is 0 Å². The Hall–Kier alpha value is -1.29. The molecule has 0 aliphatic carbocycles. The molecule has 0 amide bonds. The summed E-state index contributed by atoms with van der Waals surface area (Å²) in [6.07, 6.45) is 2.15. The van der Waals surface area contributed by atoms with Gasteiger partial charge in [-0.1, -0.05) is 19.4 Å². The minimum atomic E-state index is 0.674. The van der Waals surface area contributed by atoms with E-state index >= 15 is 0 Å². The Balaban J connectivity index is 2.75. The van der Waals surface area contributed by atoms with Crippen molar-refractivity contribution in [2.75, 3.05) is 20.2 Å². The third-order valence-electron chi connectivity index (χ3n) is 2.75. The summed E-state index contributed by atoms with van der Waals surface area (Å²) in [7, 11) is 3.58. The van der Waals surface area contributed by atoms with Crippen molar-refractivity contribution in [1.82, 2.24) is 15.1 Å². The van der Waals surface area contributed by atoms with Gasteiger partial charge in [-0.25, -0.2) is 4.68 Å². The average Bonchev–Trinajstić information content (AvgIpc) is 2.53. The third kappa shape index (κ3) is 3.88. The summed E-state index contributed by atoms with van der Waals surface area (Å²) in [5, 5.41) is 7.80. The van der Waals surface area contributed by atoms with Gasteiger partial charge in [-0.3, -0.25) is 0 Å². The zero-order chi connectivity index (χ0) is 13.7. The summed E-state index contributed by atoms with van der Waals surface area (Å²) in [6, 6.07) is 0. The Kier molecular flexibility index (Phi) is 5.41. The van der Waals surface area contributed by atoms with Crippen LogP contribution in [0.4, 0.5) is 0 Å². The molecule has 0 unspecified atom stereocenters. The van der Waals surface area contributed by atoms with Crippen LogP contribution in [0, 0.1) is 12.8 Å². The molecule has 0 aliphatic heterocycles. The molecule has 0 spiro atoms. The van der Waals surface area contributed by atoms with Crippen LogP contribution in [0.15, 0.2) is 5.57 Å². The lowest BCUT2D eigenvalue weighted by molar-refractivity contribution is 0.372. The second kappa shape index (κ2) is 6.59. The second-order valence-electron chi connectivity index (χ2n) is 5.15.